The molecule has 0 saturated heterocycles. The fourth-order valence-corrected chi connectivity index (χ4v) is 5.86. The molecule has 0 bridgehead atoms. The normalized spacial score (nSPS) is 11.2. The molecule has 0 atom stereocenters. The van der Waals surface area contributed by atoms with E-state index >= 15 is 0 Å². The van der Waals surface area contributed by atoms with Gasteiger partial charge in [0.2, 0.25) is 0 Å². The van der Waals surface area contributed by atoms with Crippen molar-refractivity contribution in [1.29, 1.82) is 0 Å². The zero-order valence-electron chi connectivity index (χ0n) is 7.79. The van der Waals surface area contributed by atoms with E-state index in [-0.39, 0.29) is 0 Å². The van der Waals surface area contributed by atoms with E-state index in [1.165, 1.54) is 3.58 Å². The Morgan fingerprint density at radius 1 is 1.17 bits per heavy atom. The molecular formula is C10H14OSn. The van der Waals surface area contributed by atoms with Crippen LogP contribution in [0.5, 0.6) is 0 Å². The fraction of sp³-hybridized carbons (Fsp3) is 0.300. The van der Waals surface area contributed by atoms with Crippen molar-refractivity contribution >= 4 is 28.2 Å². The molecule has 0 aliphatic heterocycles. The van der Waals surface area contributed by atoms with E-state index in [2.05, 4.69) is 20.9 Å². The molecule has 0 aliphatic rings. The van der Waals surface area contributed by atoms with Gasteiger partial charge < -0.3 is 0 Å². The van der Waals surface area contributed by atoms with Crippen molar-refractivity contribution < 1.29 is 4.79 Å². The number of hydrogen-bond acceptors (Lipinski definition) is 1. The van der Waals surface area contributed by atoms with Crippen molar-refractivity contribution in [2.75, 3.05) is 0 Å². The predicted octanol–water partition coefficient (Wildman–Crippen LogP) is 2.04. The third-order valence-corrected chi connectivity index (χ3v) is 7.81. The summed E-state index contributed by atoms with van der Waals surface area (Å²) in [5.41, 5.74) is 0.890. The second kappa shape index (κ2) is 3.60. The molecule has 0 unspecified atom stereocenters. The summed E-state index contributed by atoms with van der Waals surface area (Å²) in [5, 5.41) is 0. The average molecular weight is 269 g/mol. The van der Waals surface area contributed by atoms with E-state index in [1.54, 1.807) is 0 Å². The number of aldehydes is 1. The van der Waals surface area contributed by atoms with Gasteiger partial charge in [-0.25, -0.2) is 0 Å². The van der Waals surface area contributed by atoms with Crippen LogP contribution in [0.15, 0.2) is 24.3 Å². The predicted molar refractivity (Wildman–Crippen MR) is 54.8 cm³/mol. The summed E-state index contributed by atoms with van der Waals surface area (Å²) in [4.78, 5) is 17.7. The summed E-state index contributed by atoms with van der Waals surface area (Å²) in [6, 6.07) is 7.94. The van der Waals surface area contributed by atoms with Gasteiger partial charge in [0.25, 0.3) is 0 Å². The third kappa shape index (κ3) is 2.09. The first kappa shape index (κ1) is 9.77. The van der Waals surface area contributed by atoms with E-state index in [0.717, 1.165) is 11.8 Å². The van der Waals surface area contributed by atoms with Crippen LogP contribution in [0.3, 0.4) is 0 Å². The summed E-state index contributed by atoms with van der Waals surface area (Å²) in [6.45, 7) is 0. The van der Waals surface area contributed by atoms with Gasteiger partial charge in [0.1, 0.15) is 0 Å². The first-order valence-corrected chi connectivity index (χ1v) is 14.1. The zero-order chi connectivity index (χ0) is 9.19. The van der Waals surface area contributed by atoms with Crippen LogP contribution >= 0.6 is 0 Å². The van der Waals surface area contributed by atoms with Crippen LogP contribution in [-0.2, 0) is 0 Å². The summed E-state index contributed by atoms with van der Waals surface area (Å²) in [7, 11) is 0. The molecule has 0 aliphatic carbocycles. The van der Waals surface area contributed by atoms with E-state index in [1.807, 2.05) is 18.2 Å². The average Bonchev–Trinajstić information content (AvgIpc) is 2.03. The van der Waals surface area contributed by atoms with E-state index < -0.39 is 18.4 Å². The van der Waals surface area contributed by atoms with E-state index in [9.17, 15) is 4.79 Å². The maximum absolute atomic E-state index is 10.7. The Bertz CT molecular complexity index is 286. The summed E-state index contributed by atoms with van der Waals surface area (Å²) < 4.78 is 1.32. The van der Waals surface area contributed by atoms with Crippen LogP contribution in [0.25, 0.3) is 0 Å². The molecule has 64 valence electrons. The number of rotatable bonds is 2. The van der Waals surface area contributed by atoms with Gasteiger partial charge in [0.05, 0.1) is 0 Å². The maximum atomic E-state index is 10.7. The van der Waals surface area contributed by atoms with Gasteiger partial charge in [-0.05, 0) is 0 Å². The molecule has 0 amide bonds. The van der Waals surface area contributed by atoms with Gasteiger partial charge >= 0.3 is 77.7 Å². The Labute approximate surface area is 77.7 Å². The van der Waals surface area contributed by atoms with Crippen molar-refractivity contribution in [3.63, 3.8) is 0 Å². The molecule has 1 aromatic rings. The molecule has 0 fully saturated rings. The quantitative estimate of drug-likeness (QED) is 0.593. The molecule has 2 heteroatoms. The number of hydrogen-bond donors (Lipinski definition) is 0. The molecule has 0 N–H and O–H groups in total. The summed E-state index contributed by atoms with van der Waals surface area (Å²) in [5.74, 6) is 0. The molecule has 0 heterocycles. The molecule has 0 spiro atoms. The Morgan fingerprint density at radius 2 is 1.75 bits per heavy atom. The van der Waals surface area contributed by atoms with Crippen LogP contribution in [0.2, 0.25) is 14.8 Å². The van der Waals surface area contributed by atoms with Crippen molar-refractivity contribution in [2.45, 2.75) is 14.8 Å². The monoisotopic (exact) mass is 270 g/mol. The summed E-state index contributed by atoms with van der Waals surface area (Å²) in [6.07, 6.45) is 0.970. The molecule has 0 saturated carbocycles. The second-order valence-corrected chi connectivity index (χ2v) is 18.3. The summed E-state index contributed by atoms with van der Waals surface area (Å²) >= 11 is -2.04. The Hall–Kier alpha value is -0.311. The molecule has 0 aromatic heterocycles. The van der Waals surface area contributed by atoms with Gasteiger partial charge in [-0.15, -0.1) is 0 Å². The van der Waals surface area contributed by atoms with Gasteiger partial charge in [-0.3, -0.25) is 0 Å². The molecular weight excluding hydrogens is 255 g/mol. The first-order chi connectivity index (χ1) is 5.55. The Morgan fingerprint density at radius 3 is 2.17 bits per heavy atom. The molecule has 0 radical (unpaired) electrons. The van der Waals surface area contributed by atoms with Gasteiger partial charge in [0, 0.05) is 0 Å². The van der Waals surface area contributed by atoms with Crippen LogP contribution in [-0.4, -0.2) is 24.7 Å². The second-order valence-electron chi connectivity index (χ2n) is 3.96. The topological polar surface area (TPSA) is 17.1 Å². The molecule has 1 rings (SSSR count). The van der Waals surface area contributed by atoms with E-state index in [4.69, 9.17) is 0 Å². The van der Waals surface area contributed by atoms with Crippen LogP contribution in [0.4, 0.5) is 0 Å². The minimum atomic E-state index is -2.04. The van der Waals surface area contributed by atoms with Crippen molar-refractivity contribution in [1.82, 2.24) is 0 Å². The molecule has 12 heavy (non-hydrogen) atoms. The first-order valence-electron chi connectivity index (χ1n) is 4.10. The van der Waals surface area contributed by atoms with Gasteiger partial charge in [0.15, 0.2) is 0 Å². The third-order valence-electron chi connectivity index (χ3n) is 1.90. The van der Waals surface area contributed by atoms with Gasteiger partial charge in [-0.1, -0.05) is 0 Å². The van der Waals surface area contributed by atoms with Crippen LogP contribution in [0.1, 0.15) is 10.4 Å². The van der Waals surface area contributed by atoms with Crippen molar-refractivity contribution in [2.24, 2.45) is 0 Å². The van der Waals surface area contributed by atoms with Gasteiger partial charge in [-0.2, -0.15) is 0 Å². The van der Waals surface area contributed by atoms with E-state index in [0.29, 0.717) is 0 Å². The number of carbonyl (C=O) groups excluding carboxylic acids is 1. The molecule has 1 nitrogen and oxygen atoms in total. The Balaban J connectivity index is 3.23. The van der Waals surface area contributed by atoms with Crippen molar-refractivity contribution in [3.05, 3.63) is 29.8 Å². The van der Waals surface area contributed by atoms with Crippen LogP contribution < -0.4 is 3.58 Å². The number of carbonyl (C=O) groups is 1. The zero-order valence-corrected chi connectivity index (χ0v) is 10.6. The standard InChI is InChI=1S/C7H5O.3CH3.Sn/c8-6-7-4-2-1-3-5-7;;;;/h1-4,6H;3*1H3;. The molecule has 1 aromatic carbocycles. The fourth-order valence-electron chi connectivity index (χ4n) is 1.28. The van der Waals surface area contributed by atoms with Crippen molar-refractivity contribution in [3.8, 4) is 0 Å². The minimum absolute atomic E-state index is 0.890. The Kier molecular flexibility index (Phi) is 2.93. The van der Waals surface area contributed by atoms with Crippen LogP contribution in [0, 0.1) is 0 Å². The number of benzene rings is 1. The SMILES string of the molecule is [CH3][Sn]([CH3])([CH3])[c]1ccccc1C=O.